The van der Waals surface area contributed by atoms with Crippen LogP contribution in [0.3, 0.4) is 0 Å². The minimum atomic E-state index is -0.290. The quantitative estimate of drug-likeness (QED) is 0.789. The number of rotatable bonds is 8. The summed E-state index contributed by atoms with van der Waals surface area (Å²) in [5, 5.41) is 2.79. The molecule has 0 saturated carbocycles. The van der Waals surface area contributed by atoms with Gasteiger partial charge in [0.05, 0.1) is 13.2 Å². The highest BCUT2D eigenvalue weighted by Crippen LogP contribution is 2.02. The molecule has 20 heavy (non-hydrogen) atoms. The molecule has 5 nitrogen and oxygen atoms in total. The summed E-state index contributed by atoms with van der Waals surface area (Å²) in [6.07, 6.45) is 0. The van der Waals surface area contributed by atoms with Gasteiger partial charge >= 0.3 is 6.03 Å². The van der Waals surface area contributed by atoms with Gasteiger partial charge < -0.3 is 19.7 Å². The molecule has 0 radical (unpaired) electrons. The normalized spacial score (nSPS) is 10.3. The van der Waals surface area contributed by atoms with Gasteiger partial charge in [0.25, 0.3) is 0 Å². The number of ether oxygens (including phenoxy) is 2. The van der Waals surface area contributed by atoms with E-state index in [1.165, 1.54) is 12.1 Å². The summed E-state index contributed by atoms with van der Waals surface area (Å²) in [4.78, 5) is 13.6. The number of nitrogens with zero attached hydrogens (tertiary/aromatic N) is 1. The Labute approximate surface area is 118 Å². The van der Waals surface area contributed by atoms with E-state index in [2.05, 4.69) is 5.32 Å². The largest absolute Gasteiger partial charge is 0.383 e. The van der Waals surface area contributed by atoms with E-state index in [0.717, 1.165) is 5.56 Å². The summed E-state index contributed by atoms with van der Waals surface area (Å²) in [5.41, 5.74) is 0.846. The maximum absolute atomic E-state index is 12.8. The molecule has 1 rings (SSSR count). The number of hydrogen-bond donors (Lipinski definition) is 1. The molecule has 0 bridgehead atoms. The minimum absolute atomic E-state index is 0.191. The van der Waals surface area contributed by atoms with Crippen molar-refractivity contribution < 1.29 is 18.7 Å². The molecule has 0 aliphatic rings. The second-order valence-electron chi connectivity index (χ2n) is 4.26. The molecule has 0 aliphatic heterocycles. The summed E-state index contributed by atoms with van der Waals surface area (Å²) < 4.78 is 22.7. The molecular weight excluding hydrogens is 263 g/mol. The van der Waals surface area contributed by atoms with Crippen LogP contribution in [-0.2, 0) is 16.0 Å². The Kier molecular flexibility index (Phi) is 7.60. The van der Waals surface area contributed by atoms with Gasteiger partial charge in [-0.25, -0.2) is 9.18 Å². The standard InChI is InChI=1S/C14H21FN2O3/c1-19-9-7-17(8-10-20-2)14(18)16-11-12-3-5-13(15)6-4-12/h3-6H,7-11H2,1-2H3,(H,16,18). The molecule has 0 aromatic heterocycles. The van der Waals surface area contributed by atoms with Crippen LogP contribution in [0.1, 0.15) is 5.56 Å². The highest BCUT2D eigenvalue weighted by molar-refractivity contribution is 5.74. The molecule has 1 aromatic rings. The molecule has 2 amide bonds. The molecular formula is C14H21FN2O3. The molecule has 0 spiro atoms. The van der Waals surface area contributed by atoms with Gasteiger partial charge in [-0.05, 0) is 17.7 Å². The molecule has 112 valence electrons. The number of benzene rings is 1. The van der Waals surface area contributed by atoms with Crippen LogP contribution in [0, 0.1) is 5.82 Å². The number of urea groups is 1. The van der Waals surface area contributed by atoms with Crippen molar-refractivity contribution >= 4 is 6.03 Å². The summed E-state index contributed by atoms with van der Waals surface area (Å²) in [6.45, 7) is 2.28. The zero-order valence-electron chi connectivity index (χ0n) is 11.9. The number of hydrogen-bond acceptors (Lipinski definition) is 3. The van der Waals surface area contributed by atoms with Crippen molar-refractivity contribution in [3.05, 3.63) is 35.6 Å². The molecule has 6 heteroatoms. The van der Waals surface area contributed by atoms with Crippen LogP contribution in [0.15, 0.2) is 24.3 Å². The molecule has 1 aromatic carbocycles. The third-order valence-corrected chi connectivity index (χ3v) is 2.77. The van der Waals surface area contributed by atoms with Crippen LogP contribution in [-0.4, -0.2) is 51.5 Å². The number of methoxy groups -OCH3 is 2. The summed E-state index contributed by atoms with van der Waals surface area (Å²) in [7, 11) is 3.18. The number of carbonyl (C=O) groups excluding carboxylic acids is 1. The lowest BCUT2D eigenvalue weighted by molar-refractivity contribution is 0.122. The highest BCUT2D eigenvalue weighted by atomic mass is 19.1. The molecule has 0 fully saturated rings. The van der Waals surface area contributed by atoms with Gasteiger partial charge in [0.1, 0.15) is 5.82 Å². The lowest BCUT2D eigenvalue weighted by atomic mass is 10.2. The van der Waals surface area contributed by atoms with E-state index in [1.54, 1.807) is 31.3 Å². The van der Waals surface area contributed by atoms with Crippen molar-refractivity contribution in [2.75, 3.05) is 40.5 Å². The molecule has 1 N–H and O–H groups in total. The second-order valence-corrected chi connectivity index (χ2v) is 4.26. The van der Waals surface area contributed by atoms with Gasteiger partial charge in [0.2, 0.25) is 0 Å². The van der Waals surface area contributed by atoms with Crippen molar-refractivity contribution in [1.82, 2.24) is 10.2 Å². The van der Waals surface area contributed by atoms with Gasteiger partial charge in [0, 0.05) is 33.9 Å². The topological polar surface area (TPSA) is 50.8 Å². The monoisotopic (exact) mass is 284 g/mol. The van der Waals surface area contributed by atoms with Crippen molar-refractivity contribution in [3.63, 3.8) is 0 Å². The fourth-order valence-corrected chi connectivity index (χ4v) is 1.61. The Morgan fingerprint density at radius 3 is 2.20 bits per heavy atom. The summed E-state index contributed by atoms with van der Waals surface area (Å²) in [5.74, 6) is -0.290. The van der Waals surface area contributed by atoms with Gasteiger partial charge in [-0.15, -0.1) is 0 Å². The third-order valence-electron chi connectivity index (χ3n) is 2.77. The van der Waals surface area contributed by atoms with E-state index in [4.69, 9.17) is 9.47 Å². The number of carbonyl (C=O) groups is 1. The van der Waals surface area contributed by atoms with E-state index in [0.29, 0.717) is 32.8 Å². The maximum atomic E-state index is 12.8. The number of halogens is 1. The average Bonchev–Trinajstić information content (AvgIpc) is 2.46. The smallest absolute Gasteiger partial charge is 0.317 e. The fourth-order valence-electron chi connectivity index (χ4n) is 1.61. The molecule has 0 heterocycles. The minimum Gasteiger partial charge on any atom is -0.383 e. The molecule has 0 atom stereocenters. The average molecular weight is 284 g/mol. The predicted octanol–water partition coefficient (Wildman–Crippen LogP) is 1.63. The first-order valence-corrected chi connectivity index (χ1v) is 6.42. The van der Waals surface area contributed by atoms with Crippen LogP contribution < -0.4 is 5.32 Å². The zero-order valence-corrected chi connectivity index (χ0v) is 11.9. The Hall–Kier alpha value is -1.66. The van der Waals surface area contributed by atoms with Crippen LogP contribution in [0.5, 0.6) is 0 Å². The van der Waals surface area contributed by atoms with E-state index in [-0.39, 0.29) is 11.8 Å². The van der Waals surface area contributed by atoms with E-state index >= 15 is 0 Å². The SMILES string of the molecule is COCCN(CCOC)C(=O)NCc1ccc(F)cc1. The van der Waals surface area contributed by atoms with E-state index < -0.39 is 0 Å². The Bertz CT molecular complexity index is 390. The molecule has 0 unspecified atom stereocenters. The number of nitrogens with one attached hydrogen (secondary N) is 1. The van der Waals surface area contributed by atoms with Crippen molar-refractivity contribution in [1.29, 1.82) is 0 Å². The van der Waals surface area contributed by atoms with Crippen LogP contribution in [0.4, 0.5) is 9.18 Å². The molecule has 0 saturated heterocycles. The first-order valence-electron chi connectivity index (χ1n) is 6.42. The van der Waals surface area contributed by atoms with E-state index in [1.807, 2.05) is 0 Å². The van der Waals surface area contributed by atoms with Crippen molar-refractivity contribution in [2.24, 2.45) is 0 Å². The third kappa shape index (κ3) is 5.99. The van der Waals surface area contributed by atoms with Gasteiger partial charge in [-0.3, -0.25) is 0 Å². The predicted molar refractivity (Wildman–Crippen MR) is 74.0 cm³/mol. The maximum Gasteiger partial charge on any atom is 0.317 e. The van der Waals surface area contributed by atoms with E-state index in [9.17, 15) is 9.18 Å². The Balaban J connectivity index is 2.45. The molecule has 0 aliphatic carbocycles. The summed E-state index contributed by atoms with van der Waals surface area (Å²) >= 11 is 0. The zero-order chi connectivity index (χ0) is 14.8. The van der Waals surface area contributed by atoms with Crippen molar-refractivity contribution in [3.8, 4) is 0 Å². The highest BCUT2D eigenvalue weighted by Gasteiger charge is 2.12. The summed E-state index contributed by atoms with van der Waals surface area (Å²) in [6, 6.07) is 5.84. The number of amides is 2. The van der Waals surface area contributed by atoms with Gasteiger partial charge in [0.15, 0.2) is 0 Å². The lowest BCUT2D eigenvalue weighted by Gasteiger charge is -2.22. The first kappa shape index (κ1) is 16.4. The van der Waals surface area contributed by atoms with Crippen LogP contribution >= 0.6 is 0 Å². The first-order chi connectivity index (χ1) is 9.67. The van der Waals surface area contributed by atoms with Crippen LogP contribution in [0.2, 0.25) is 0 Å². The van der Waals surface area contributed by atoms with Crippen LogP contribution in [0.25, 0.3) is 0 Å². The van der Waals surface area contributed by atoms with Gasteiger partial charge in [-0.2, -0.15) is 0 Å². The Morgan fingerprint density at radius 2 is 1.70 bits per heavy atom. The lowest BCUT2D eigenvalue weighted by Crippen LogP contribution is -2.43. The second kappa shape index (κ2) is 9.28. The fraction of sp³-hybridized carbons (Fsp3) is 0.500. The van der Waals surface area contributed by atoms with Crippen molar-refractivity contribution in [2.45, 2.75) is 6.54 Å². The van der Waals surface area contributed by atoms with Gasteiger partial charge in [-0.1, -0.05) is 12.1 Å². The Morgan fingerprint density at radius 1 is 1.15 bits per heavy atom.